The van der Waals surface area contributed by atoms with Crippen molar-refractivity contribution in [2.24, 2.45) is 0 Å². The quantitative estimate of drug-likeness (QED) is 0.144. The van der Waals surface area contributed by atoms with Crippen molar-refractivity contribution in [3.63, 3.8) is 0 Å². The minimum absolute atomic E-state index is 0.00452. The molecule has 0 heterocycles. The van der Waals surface area contributed by atoms with Gasteiger partial charge in [-0.3, -0.25) is 14.9 Å². The van der Waals surface area contributed by atoms with E-state index in [2.05, 4.69) is 5.32 Å². The first-order valence-electron chi connectivity index (χ1n) is 9.84. The maximum absolute atomic E-state index is 12.5. The van der Waals surface area contributed by atoms with E-state index < -0.39 is 16.8 Å². The van der Waals surface area contributed by atoms with E-state index in [4.69, 9.17) is 4.74 Å². The van der Waals surface area contributed by atoms with Crippen LogP contribution in [0, 0.1) is 35.3 Å². The van der Waals surface area contributed by atoms with E-state index in [0.29, 0.717) is 22.4 Å². The summed E-state index contributed by atoms with van der Waals surface area (Å²) in [5.41, 5.74) is 2.11. The summed E-state index contributed by atoms with van der Waals surface area (Å²) >= 11 is 0. The Morgan fingerprint density at radius 1 is 1.00 bits per heavy atom. The highest BCUT2D eigenvalue weighted by atomic mass is 16.6. The summed E-state index contributed by atoms with van der Waals surface area (Å²) in [4.78, 5) is 35.4. The Balaban J connectivity index is 1.73. The molecule has 0 unspecified atom stereocenters. The number of esters is 1. The van der Waals surface area contributed by atoms with Crippen LogP contribution >= 0.6 is 0 Å². The summed E-state index contributed by atoms with van der Waals surface area (Å²) in [5.74, 6) is -0.981. The molecular formula is C25H19N3O5. The molecule has 0 radical (unpaired) electrons. The zero-order chi connectivity index (χ0) is 24.0. The van der Waals surface area contributed by atoms with Crippen molar-refractivity contribution in [2.75, 3.05) is 5.32 Å². The molecule has 8 nitrogen and oxygen atoms in total. The molecule has 0 saturated carbocycles. The number of nitro groups is 1. The normalized spacial score (nSPS) is 10.8. The fourth-order valence-corrected chi connectivity index (χ4v) is 2.89. The van der Waals surface area contributed by atoms with Crippen LogP contribution in [0.4, 0.5) is 11.4 Å². The molecule has 3 rings (SSSR count). The van der Waals surface area contributed by atoms with Crippen molar-refractivity contribution in [2.45, 2.75) is 13.8 Å². The Bertz CT molecular complexity index is 1290. The van der Waals surface area contributed by atoms with Crippen LogP contribution in [0.2, 0.25) is 0 Å². The average molecular weight is 441 g/mol. The Morgan fingerprint density at radius 3 is 2.24 bits per heavy atom. The monoisotopic (exact) mass is 441 g/mol. The van der Waals surface area contributed by atoms with Gasteiger partial charge in [0.1, 0.15) is 23.1 Å². The van der Waals surface area contributed by atoms with Crippen molar-refractivity contribution in [3.05, 3.63) is 105 Å². The number of hydrogen-bond acceptors (Lipinski definition) is 6. The van der Waals surface area contributed by atoms with Gasteiger partial charge >= 0.3 is 5.97 Å². The molecule has 8 heteroatoms. The lowest BCUT2D eigenvalue weighted by atomic mass is 10.1. The SMILES string of the molecule is Cc1ccc(C(=O)Oc2ccc(/C=C(\C#N)C(=O)Nc3ccc(C)cc3[N+](=O)[O-])cc2)cc1. The van der Waals surface area contributed by atoms with Crippen LogP contribution in [0.1, 0.15) is 27.0 Å². The summed E-state index contributed by atoms with van der Waals surface area (Å²) in [6, 6.07) is 19.4. The van der Waals surface area contributed by atoms with Gasteiger partial charge in [0.2, 0.25) is 0 Å². The molecule has 1 N–H and O–H groups in total. The van der Waals surface area contributed by atoms with E-state index in [1.54, 1.807) is 43.3 Å². The zero-order valence-electron chi connectivity index (χ0n) is 17.9. The fourth-order valence-electron chi connectivity index (χ4n) is 2.89. The number of carbonyl (C=O) groups is 2. The fraction of sp³-hybridized carbons (Fsp3) is 0.0800. The van der Waals surface area contributed by atoms with Gasteiger partial charge in [-0.05, 0) is 61.4 Å². The molecule has 0 saturated heterocycles. The lowest BCUT2D eigenvalue weighted by Crippen LogP contribution is -2.14. The third-order valence-corrected chi connectivity index (χ3v) is 4.65. The van der Waals surface area contributed by atoms with Gasteiger partial charge in [-0.15, -0.1) is 0 Å². The Hall–Kier alpha value is -4.77. The van der Waals surface area contributed by atoms with Crippen LogP contribution < -0.4 is 10.1 Å². The van der Waals surface area contributed by atoms with Crippen molar-refractivity contribution in [1.82, 2.24) is 0 Å². The smallest absolute Gasteiger partial charge is 0.343 e. The number of hydrogen-bond donors (Lipinski definition) is 1. The highest BCUT2D eigenvalue weighted by Gasteiger charge is 2.18. The first-order chi connectivity index (χ1) is 15.8. The minimum Gasteiger partial charge on any atom is -0.423 e. The van der Waals surface area contributed by atoms with Gasteiger partial charge in [0, 0.05) is 6.07 Å². The number of ether oxygens (including phenoxy) is 1. The predicted molar refractivity (Wildman–Crippen MR) is 123 cm³/mol. The molecule has 3 aromatic rings. The number of aryl methyl sites for hydroxylation is 2. The van der Waals surface area contributed by atoms with Crippen LogP contribution in [0.5, 0.6) is 5.75 Å². The van der Waals surface area contributed by atoms with Crippen LogP contribution in [0.3, 0.4) is 0 Å². The van der Waals surface area contributed by atoms with Gasteiger partial charge in [-0.2, -0.15) is 5.26 Å². The molecule has 3 aromatic carbocycles. The third kappa shape index (κ3) is 5.89. The Kier molecular flexibility index (Phi) is 6.96. The maximum Gasteiger partial charge on any atom is 0.343 e. The van der Waals surface area contributed by atoms with E-state index in [0.717, 1.165) is 5.56 Å². The summed E-state index contributed by atoms with van der Waals surface area (Å²) in [6.07, 6.45) is 1.33. The zero-order valence-corrected chi connectivity index (χ0v) is 17.9. The maximum atomic E-state index is 12.5. The number of nitrogens with zero attached hydrogens (tertiary/aromatic N) is 2. The van der Waals surface area contributed by atoms with E-state index in [1.165, 1.54) is 30.3 Å². The molecule has 0 spiro atoms. The number of anilines is 1. The molecule has 0 aromatic heterocycles. The predicted octanol–water partition coefficient (Wildman–Crippen LogP) is 4.98. The van der Waals surface area contributed by atoms with E-state index in [1.807, 2.05) is 19.1 Å². The lowest BCUT2D eigenvalue weighted by Gasteiger charge is -2.07. The largest absolute Gasteiger partial charge is 0.423 e. The van der Waals surface area contributed by atoms with Crippen molar-refractivity contribution in [1.29, 1.82) is 5.26 Å². The summed E-state index contributed by atoms with van der Waals surface area (Å²) < 4.78 is 5.33. The van der Waals surface area contributed by atoms with Crippen LogP contribution in [0.25, 0.3) is 6.08 Å². The summed E-state index contributed by atoms with van der Waals surface area (Å²) in [5, 5.41) is 23.0. The van der Waals surface area contributed by atoms with E-state index >= 15 is 0 Å². The topological polar surface area (TPSA) is 122 Å². The highest BCUT2D eigenvalue weighted by molar-refractivity contribution is 6.10. The second-order valence-corrected chi connectivity index (χ2v) is 7.23. The van der Waals surface area contributed by atoms with Gasteiger partial charge in [0.05, 0.1) is 10.5 Å². The van der Waals surface area contributed by atoms with Crippen LogP contribution in [0.15, 0.2) is 72.3 Å². The van der Waals surface area contributed by atoms with Crippen LogP contribution in [-0.4, -0.2) is 16.8 Å². The first kappa shape index (κ1) is 22.9. The molecular weight excluding hydrogens is 422 g/mol. The third-order valence-electron chi connectivity index (χ3n) is 4.65. The molecule has 0 atom stereocenters. The highest BCUT2D eigenvalue weighted by Crippen LogP contribution is 2.26. The van der Waals surface area contributed by atoms with Crippen molar-refractivity contribution >= 4 is 29.3 Å². The molecule has 164 valence electrons. The van der Waals surface area contributed by atoms with Gasteiger partial charge in [-0.1, -0.05) is 35.9 Å². The standard InChI is InChI=1S/C25H19N3O5/c1-16-3-8-19(9-4-16)25(30)33-21-10-6-18(7-11-21)14-20(15-26)24(29)27-22-12-5-17(2)13-23(22)28(31)32/h3-14H,1-2H3,(H,27,29)/b20-14+. The first-order valence-corrected chi connectivity index (χ1v) is 9.84. The second kappa shape index (κ2) is 10.0. The minimum atomic E-state index is -0.778. The molecule has 0 bridgehead atoms. The Labute approximate surface area is 189 Å². The van der Waals surface area contributed by atoms with Crippen LogP contribution in [-0.2, 0) is 4.79 Å². The lowest BCUT2D eigenvalue weighted by molar-refractivity contribution is -0.384. The Morgan fingerprint density at radius 2 is 1.64 bits per heavy atom. The molecule has 0 aliphatic rings. The molecule has 0 fully saturated rings. The van der Waals surface area contributed by atoms with E-state index in [9.17, 15) is 25.0 Å². The van der Waals surface area contributed by atoms with Gasteiger partial charge in [0.15, 0.2) is 0 Å². The van der Waals surface area contributed by atoms with E-state index in [-0.39, 0.29) is 16.9 Å². The van der Waals surface area contributed by atoms with Crippen molar-refractivity contribution < 1.29 is 19.2 Å². The number of nitro benzene ring substituents is 1. The summed E-state index contributed by atoms with van der Waals surface area (Å²) in [7, 11) is 0. The summed E-state index contributed by atoms with van der Waals surface area (Å²) in [6.45, 7) is 3.61. The number of benzene rings is 3. The van der Waals surface area contributed by atoms with Gasteiger partial charge < -0.3 is 10.1 Å². The molecule has 33 heavy (non-hydrogen) atoms. The number of nitriles is 1. The second-order valence-electron chi connectivity index (χ2n) is 7.23. The number of amides is 1. The number of nitrogens with one attached hydrogen (secondary N) is 1. The molecule has 1 amide bonds. The van der Waals surface area contributed by atoms with Gasteiger partial charge in [0.25, 0.3) is 11.6 Å². The number of carbonyl (C=O) groups excluding carboxylic acids is 2. The molecule has 0 aliphatic carbocycles. The van der Waals surface area contributed by atoms with Crippen molar-refractivity contribution in [3.8, 4) is 11.8 Å². The molecule has 0 aliphatic heterocycles. The number of rotatable bonds is 6. The van der Waals surface area contributed by atoms with Gasteiger partial charge in [-0.25, -0.2) is 4.79 Å². The average Bonchev–Trinajstić information content (AvgIpc) is 2.79.